The predicted octanol–water partition coefficient (Wildman–Crippen LogP) is 3.71. The maximum Gasteiger partial charge on any atom is 0.303 e. The lowest BCUT2D eigenvalue weighted by Crippen LogP contribution is -2.12. The number of carboxylic acids is 1. The van der Waals surface area contributed by atoms with Crippen molar-refractivity contribution >= 4 is 17.5 Å². The van der Waals surface area contributed by atoms with Crippen molar-refractivity contribution in [2.75, 3.05) is 0 Å². The van der Waals surface area contributed by atoms with E-state index >= 15 is 0 Å². The highest BCUT2D eigenvalue weighted by atomic mass is 16.4. The minimum Gasteiger partial charge on any atom is -0.481 e. The van der Waals surface area contributed by atoms with Gasteiger partial charge in [0.05, 0.1) is 0 Å². The molecular formula is C18H26O4. The fraction of sp³-hybridized carbons (Fsp3) is 0.611. The summed E-state index contributed by atoms with van der Waals surface area (Å²) in [5.41, 5.74) is 0. The SMILES string of the molecule is CCCCC(=O)/C=C/C1CCC(=O)C1C/C=C/CCC(=O)O. The van der Waals surface area contributed by atoms with Crippen molar-refractivity contribution in [3.63, 3.8) is 0 Å². The van der Waals surface area contributed by atoms with E-state index in [4.69, 9.17) is 5.11 Å². The average Bonchev–Trinajstić information content (AvgIpc) is 2.83. The number of hydrogen-bond donors (Lipinski definition) is 1. The van der Waals surface area contributed by atoms with Gasteiger partial charge in [-0.3, -0.25) is 14.4 Å². The number of allylic oxidation sites excluding steroid dienone is 4. The van der Waals surface area contributed by atoms with Crippen LogP contribution in [0.3, 0.4) is 0 Å². The number of carboxylic acid groups (broad SMARTS) is 1. The molecule has 0 heterocycles. The Hall–Kier alpha value is -1.71. The molecule has 1 aliphatic carbocycles. The average molecular weight is 306 g/mol. The van der Waals surface area contributed by atoms with Crippen LogP contribution >= 0.6 is 0 Å². The fourth-order valence-electron chi connectivity index (χ4n) is 2.70. The lowest BCUT2D eigenvalue weighted by atomic mass is 9.91. The Kier molecular flexibility index (Phi) is 8.41. The van der Waals surface area contributed by atoms with Gasteiger partial charge >= 0.3 is 5.97 Å². The van der Waals surface area contributed by atoms with Crippen LogP contribution in [0.4, 0.5) is 0 Å². The van der Waals surface area contributed by atoms with E-state index in [-0.39, 0.29) is 29.8 Å². The fourth-order valence-corrected chi connectivity index (χ4v) is 2.70. The van der Waals surface area contributed by atoms with Gasteiger partial charge in [-0.2, -0.15) is 0 Å². The molecule has 0 aromatic heterocycles. The van der Waals surface area contributed by atoms with Crippen molar-refractivity contribution in [2.45, 2.75) is 58.3 Å². The summed E-state index contributed by atoms with van der Waals surface area (Å²) in [5, 5.41) is 8.56. The van der Waals surface area contributed by atoms with E-state index in [2.05, 4.69) is 6.92 Å². The highest BCUT2D eigenvalue weighted by molar-refractivity contribution is 5.90. The first-order valence-electron chi connectivity index (χ1n) is 8.15. The number of hydrogen-bond acceptors (Lipinski definition) is 3. The molecule has 0 radical (unpaired) electrons. The smallest absolute Gasteiger partial charge is 0.303 e. The highest BCUT2D eigenvalue weighted by Crippen LogP contribution is 2.32. The van der Waals surface area contributed by atoms with E-state index in [9.17, 15) is 14.4 Å². The standard InChI is InChI=1S/C18H26O4/c1-2-3-7-15(19)12-10-14-11-13-17(20)16(14)8-5-4-6-9-18(21)22/h4-5,10,12,14,16H,2-3,6-9,11,13H2,1H3,(H,21,22)/b5-4+,12-10+. The number of unbranched alkanes of at least 4 members (excludes halogenated alkanes) is 1. The number of Topliss-reactive ketones (excluding diaryl/α,β-unsaturated/α-hetero) is 1. The highest BCUT2D eigenvalue weighted by Gasteiger charge is 2.31. The van der Waals surface area contributed by atoms with Gasteiger partial charge in [0.15, 0.2) is 5.78 Å². The van der Waals surface area contributed by atoms with Crippen molar-refractivity contribution in [2.24, 2.45) is 11.8 Å². The van der Waals surface area contributed by atoms with E-state index in [0.717, 1.165) is 19.3 Å². The molecule has 0 bridgehead atoms. The van der Waals surface area contributed by atoms with Crippen molar-refractivity contribution in [1.82, 2.24) is 0 Å². The second-order valence-corrected chi connectivity index (χ2v) is 5.84. The molecule has 2 atom stereocenters. The molecule has 1 N–H and O–H groups in total. The molecule has 0 aromatic carbocycles. The molecular weight excluding hydrogens is 280 g/mol. The Morgan fingerprint density at radius 2 is 2.05 bits per heavy atom. The van der Waals surface area contributed by atoms with Crippen LogP contribution in [0.5, 0.6) is 0 Å². The zero-order valence-corrected chi connectivity index (χ0v) is 13.3. The van der Waals surface area contributed by atoms with Crippen LogP contribution in [0.15, 0.2) is 24.3 Å². The van der Waals surface area contributed by atoms with Crippen molar-refractivity contribution in [1.29, 1.82) is 0 Å². The molecule has 4 nitrogen and oxygen atoms in total. The summed E-state index contributed by atoms with van der Waals surface area (Å²) in [6.45, 7) is 2.05. The third kappa shape index (κ3) is 6.83. The predicted molar refractivity (Wildman–Crippen MR) is 85.5 cm³/mol. The Bertz CT molecular complexity index is 448. The number of rotatable bonds is 10. The lowest BCUT2D eigenvalue weighted by Gasteiger charge is -2.12. The molecule has 0 amide bonds. The van der Waals surface area contributed by atoms with Crippen LogP contribution in [-0.4, -0.2) is 22.6 Å². The maximum absolute atomic E-state index is 11.9. The second-order valence-electron chi connectivity index (χ2n) is 5.84. The summed E-state index contributed by atoms with van der Waals surface area (Å²) in [4.78, 5) is 34.0. The molecule has 22 heavy (non-hydrogen) atoms. The molecule has 4 heteroatoms. The molecule has 1 saturated carbocycles. The summed E-state index contributed by atoms with van der Waals surface area (Å²) < 4.78 is 0. The number of aliphatic carboxylic acids is 1. The molecule has 122 valence electrons. The zero-order valence-electron chi connectivity index (χ0n) is 13.3. The van der Waals surface area contributed by atoms with E-state index in [1.54, 1.807) is 6.08 Å². The molecule has 0 saturated heterocycles. The number of ketones is 2. The zero-order chi connectivity index (χ0) is 16.4. The lowest BCUT2D eigenvalue weighted by molar-refractivity contribution is -0.137. The quantitative estimate of drug-likeness (QED) is 0.493. The minimum absolute atomic E-state index is 0.0590. The first kappa shape index (κ1) is 18.3. The van der Waals surface area contributed by atoms with E-state index < -0.39 is 5.97 Å². The van der Waals surface area contributed by atoms with Crippen molar-refractivity contribution in [3.8, 4) is 0 Å². The van der Waals surface area contributed by atoms with Crippen molar-refractivity contribution in [3.05, 3.63) is 24.3 Å². The van der Waals surface area contributed by atoms with Crippen LogP contribution in [0.2, 0.25) is 0 Å². The van der Waals surface area contributed by atoms with Gasteiger partial charge in [0.25, 0.3) is 0 Å². The topological polar surface area (TPSA) is 71.4 Å². The summed E-state index contributed by atoms with van der Waals surface area (Å²) in [6.07, 6.45) is 12.4. The number of carbonyl (C=O) groups is 3. The largest absolute Gasteiger partial charge is 0.481 e. The van der Waals surface area contributed by atoms with Crippen molar-refractivity contribution < 1.29 is 19.5 Å². The van der Waals surface area contributed by atoms with Gasteiger partial charge in [-0.15, -0.1) is 0 Å². The second kappa shape index (κ2) is 10.1. The Morgan fingerprint density at radius 3 is 2.73 bits per heavy atom. The van der Waals surface area contributed by atoms with Crippen LogP contribution in [0.25, 0.3) is 0 Å². The van der Waals surface area contributed by atoms with E-state index in [1.807, 2.05) is 18.2 Å². The normalized spacial score (nSPS) is 22.0. The molecule has 1 aliphatic rings. The summed E-state index contributed by atoms with van der Waals surface area (Å²) >= 11 is 0. The molecule has 1 rings (SSSR count). The maximum atomic E-state index is 11.9. The van der Waals surface area contributed by atoms with E-state index in [1.165, 1.54) is 0 Å². The molecule has 0 aromatic rings. The third-order valence-electron chi connectivity index (χ3n) is 4.04. The van der Waals surface area contributed by atoms with Gasteiger partial charge in [0.2, 0.25) is 0 Å². The number of carbonyl (C=O) groups excluding carboxylic acids is 2. The van der Waals surface area contributed by atoms with Crippen LogP contribution in [-0.2, 0) is 14.4 Å². The minimum atomic E-state index is -0.812. The Balaban J connectivity index is 2.45. The van der Waals surface area contributed by atoms with E-state index in [0.29, 0.717) is 25.7 Å². The molecule has 1 fully saturated rings. The van der Waals surface area contributed by atoms with Gasteiger partial charge in [-0.1, -0.05) is 31.6 Å². The summed E-state index contributed by atoms with van der Waals surface area (Å²) in [6, 6.07) is 0. The van der Waals surface area contributed by atoms with Gasteiger partial charge in [0, 0.05) is 25.2 Å². The van der Waals surface area contributed by atoms with Crippen LogP contribution < -0.4 is 0 Å². The van der Waals surface area contributed by atoms with Gasteiger partial charge in [0.1, 0.15) is 5.78 Å². The Labute approximate surface area is 132 Å². The Morgan fingerprint density at radius 1 is 1.27 bits per heavy atom. The third-order valence-corrected chi connectivity index (χ3v) is 4.04. The monoisotopic (exact) mass is 306 g/mol. The molecule has 2 unspecified atom stereocenters. The molecule has 0 aliphatic heterocycles. The summed E-state index contributed by atoms with van der Waals surface area (Å²) in [7, 11) is 0. The van der Waals surface area contributed by atoms with Gasteiger partial charge in [-0.05, 0) is 37.7 Å². The summed E-state index contributed by atoms with van der Waals surface area (Å²) in [5.74, 6) is -0.345. The van der Waals surface area contributed by atoms with Gasteiger partial charge in [-0.25, -0.2) is 0 Å². The van der Waals surface area contributed by atoms with Crippen LogP contribution in [0, 0.1) is 11.8 Å². The molecule has 0 spiro atoms. The van der Waals surface area contributed by atoms with Gasteiger partial charge < -0.3 is 5.11 Å². The van der Waals surface area contributed by atoms with Crippen LogP contribution in [0.1, 0.15) is 58.3 Å². The first-order chi connectivity index (χ1) is 10.5. The first-order valence-corrected chi connectivity index (χ1v) is 8.15.